The first kappa shape index (κ1) is 21.6. The van der Waals surface area contributed by atoms with E-state index < -0.39 is 42.1 Å². The van der Waals surface area contributed by atoms with Crippen LogP contribution in [0.1, 0.15) is 33.6 Å². The molecule has 0 saturated carbocycles. The monoisotopic (exact) mass is 390 g/mol. The second-order valence-corrected chi connectivity index (χ2v) is 6.91. The Bertz CT molecular complexity index is 772. The number of esters is 3. The number of ether oxygens (including phenoxy) is 3. The van der Waals surface area contributed by atoms with Gasteiger partial charge in [-0.1, -0.05) is 24.3 Å². The number of carbonyl (C=O) groups is 3. The SMILES string of the molecule is C=C1C(=O)O[C@@H]2/C=C(/C)CC/C=C(/C(=O)OC)[C@@H](O)[C@H](OC(=O)/C(C)=C\C)[C@H]12. The lowest BCUT2D eigenvalue weighted by Gasteiger charge is -2.31. The molecule has 2 rings (SSSR count). The fourth-order valence-corrected chi connectivity index (χ4v) is 3.24. The lowest BCUT2D eigenvalue weighted by molar-refractivity contribution is -0.155. The smallest absolute Gasteiger partial charge is 0.336 e. The Morgan fingerprint density at radius 2 is 2.07 bits per heavy atom. The zero-order chi connectivity index (χ0) is 21.0. The standard InChI is InChI=1S/C21H26O7/c1-6-12(3)19(23)28-18-16-13(4)20(24)27-15(16)10-11(2)8-7-9-14(17(18)22)21(25)26-5/h6,9-10,15-18,22H,4,7-8H2,1-3,5H3/b11-10-,12-6-,14-9+/t15-,16-,17-,18-/m1/s1. The van der Waals surface area contributed by atoms with Gasteiger partial charge < -0.3 is 19.3 Å². The molecule has 1 N–H and O–H groups in total. The van der Waals surface area contributed by atoms with E-state index in [1.54, 1.807) is 32.1 Å². The van der Waals surface area contributed by atoms with Gasteiger partial charge in [0.05, 0.1) is 18.6 Å². The second-order valence-electron chi connectivity index (χ2n) is 6.91. The van der Waals surface area contributed by atoms with Gasteiger partial charge in [0.15, 0.2) is 0 Å². The highest BCUT2D eigenvalue weighted by molar-refractivity contribution is 5.93. The van der Waals surface area contributed by atoms with E-state index in [0.29, 0.717) is 18.4 Å². The third-order valence-corrected chi connectivity index (χ3v) is 5.02. The van der Waals surface area contributed by atoms with Crippen molar-refractivity contribution in [2.75, 3.05) is 7.11 Å². The van der Waals surface area contributed by atoms with Crippen LogP contribution in [-0.4, -0.2) is 48.4 Å². The number of carbonyl (C=O) groups excluding carboxylic acids is 3. The van der Waals surface area contributed by atoms with Gasteiger partial charge in [-0.15, -0.1) is 0 Å². The third kappa shape index (κ3) is 4.42. The van der Waals surface area contributed by atoms with Gasteiger partial charge in [0.1, 0.15) is 18.3 Å². The van der Waals surface area contributed by atoms with Crippen molar-refractivity contribution in [2.24, 2.45) is 5.92 Å². The van der Waals surface area contributed by atoms with Crippen molar-refractivity contribution in [3.8, 4) is 0 Å². The summed E-state index contributed by atoms with van der Waals surface area (Å²) in [5.74, 6) is -2.86. The first-order valence-corrected chi connectivity index (χ1v) is 9.08. The van der Waals surface area contributed by atoms with Crippen LogP contribution >= 0.6 is 0 Å². The van der Waals surface area contributed by atoms with E-state index in [9.17, 15) is 19.5 Å². The van der Waals surface area contributed by atoms with Crippen molar-refractivity contribution < 1.29 is 33.7 Å². The highest BCUT2D eigenvalue weighted by Crippen LogP contribution is 2.37. The summed E-state index contributed by atoms with van der Waals surface area (Å²) in [4.78, 5) is 36.8. The van der Waals surface area contributed by atoms with Gasteiger partial charge in [-0.3, -0.25) is 0 Å². The fourth-order valence-electron chi connectivity index (χ4n) is 3.24. The number of hydrogen-bond donors (Lipinski definition) is 1. The molecule has 152 valence electrons. The average molecular weight is 390 g/mol. The molecule has 2 aliphatic rings. The lowest BCUT2D eigenvalue weighted by atomic mass is 9.83. The van der Waals surface area contributed by atoms with Gasteiger partial charge in [-0.05, 0) is 39.7 Å². The average Bonchev–Trinajstić information content (AvgIpc) is 2.94. The quantitative estimate of drug-likeness (QED) is 0.341. The van der Waals surface area contributed by atoms with Crippen LogP contribution in [0.25, 0.3) is 0 Å². The minimum absolute atomic E-state index is 0.0287. The molecule has 0 unspecified atom stereocenters. The summed E-state index contributed by atoms with van der Waals surface area (Å²) in [6.07, 6.45) is 2.46. The summed E-state index contributed by atoms with van der Waals surface area (Å²) in [5, 5.41) is 11.0. The normalized spacial score (nSPS) is 32.2. The fraction of sp³-hybridized carbons (Fsp3) is 0.476. The number of fused-ring (bicyclic) bond motifs is 1. The van der Waals surface area contributed by atoms with E-state index in [1.165, 1.54) is 7.11 Å². The van der Waals surface area contributed by atoms with E-state index in [0.717, 1.165) is 5.57 Å². The lowest BCUT2D eigenvalue weighted by Crippen LogP contribution is -2.44. The molecule has 0 aromatic heterocycles. The molecule has 7 heteroatoms. The molecule has 0 bridgehead atoms. The Balaban J connectivity index is 2.57. The van der Waals surface area contributed by atoms with Gasteiger partial charge in [-0.2, -0.15) is 0 Å². The van der Waals surface area contributed by atoms with E-state index in [1.807, 2.05) is 6.92 Å². The molecule has 28 heavy (non-hydrogen) atoms. The predicted molar refractivity (Wildman–Crippen MR) is 101 cm³/mol. The van der Waals surface area contributed by atoms with Crippen LogP contribution in [0.5, 0.6) is 0 Å². The van der Waals surface area contributed by atoms with E-state index in [2.05, 4.69) is 6.58 Å². The Labute approximate surface area is 164 Å². The molecular formula is C21H26O7. The van der Waals surface area contributed by atoms with Crippen LogP contribution in [-0.2, 0) is 28.6 Å². The summed E-state index contributed by atoms with van der Waals surface area (Å²) < 4.78 is 15.7. The van der Waals surface area contributed by atoms with Crippen LogP contribution in [0.2, 0.25) is 0 Å². The molecule has 4 atom stereocenters. The first-order valence-electron chi connectivity index (χ1n) is 9.08. The van der Waals surface area contributed by atoms with Gasteiger partial charge >= 0.3 is 17.9 Å². The summed E-state index contributed by atoms with van der Waals surface area (Å²) in [7, 11) is 1.20. The molecule has 0 aromatic carbocycles. The third-order valence-electron chi connectivity index (χ3n) is 5.02. The Morgan fingerprint density at radius 1 is 1.39 bits per heavy atom. The Hall–Kier alpha value is -2.67. The largest absolute Gasteiger partial charge is 0.466 e. The molecular weight excluding hydrogens is 364 g/mol. The number of allylic oxidation sites excluding steroid dienone is 3. The molecule has 0 spiro atoms. The Morgan fingerprint density at radius 3 is 2.68 bits per heavy atom. The van der Waals surface area contributed by atoms with Gasteiger partial charge in [0, 0.05) is 11.1 Å². The molecule has 1 fully saturated rings. The van der Waals surface area contributed by atoms with Crippen LogP contribution in [0.4, 0.5) is 0 Å². The number of aliphatic hydroxyl groups excluding tert-OH is 1. The zero-order valence-corrected chi connectivity index (χ0v) is 16.6. The molecule has 1 saturated heterocycles. The van der Waals surface area contributed by atoms with Gasteiger partial charge in [-0.25, -0.2) is 14.4 Å². The van der Waals surface area contributed by atoms with Crippen molar-refractivity contribution in [3.63, 3.8) is 0 Å². The van der Waals surface area contributed by atoms with E-state index >= 15 is 0 Å². The summed E-state index contributed by atoms with van der Waals surface area (Å²) in [6, 6.07) is 0. The number of aliphatic hydroxyl groups is 1. The maximum atomic E-state index is 12.4. The highest BCUT2D eigenvalue weighted by atomic mass is 16.6. The van der Waals surface area contributed by atoms with Crippen LogP contribution in [0.3, 0.4) is 0 Å². The number of hydrogen-bond acceptors (Lipinski definition) is 7. The van der Waals surface area contributed by atoms with Crippen molar-refractivity contribution in [3.05, 3.63) is 47.1 Å². The van der Waals surface area contributed by atoms with Crippen molar-refractivity contribution >= 4 is 17.9 Å². The van der Waals surface area contributed by atoms with Crippen molar-refractivity contribution in [1.29, 1.82) is 0 Å². The molecule has 1 aliphatic heterocycles. The molecule has 0 amide bonds. The highest BCUT2D eigenvalue weighted by Gasteiger charge is 2.48. The predicted octanol–water partition coefficient (Wildman–Crippen LogP) is 2.16. The van der Waals surface area contributed by atoms with Crippen molar-refractivity contribution in [2.45, 2.75) is 51.9 Å². The summed E-state index contributed by atoms with van der Waals surface area (Å²) in [6.45, 7) is 8.88. The summed E-state index contributed by atoms with van der Waals surface area (Å²) in [5.41, 5.74) is 1.31. The zero-order valence-electron chi connectivity index (χ0n) is 16.6. The van der Waals surface area contributed by atoms with E-state index in [-0.39, 0.29) is 11.1 Å². The van der Waals surface area contributed by atoms with E-state index in [4.69, 9.17) is 14.2 Å². The maximum Gasteiger partial charge on any atom is 0.336 e. The van der Waals surface area contributed by atoms with Gasteiger partial charge in [0.2, 0.25) is 0 Å². The maximum absolute atomic E-state index is 12.4. The molecule has 1 aliphatic carbocycles. The van der Waals surface area contributed by atoms with Crippen molar-refractivity contribution in [1.82, 2.24) is 0 Å². The minimum Gasteiger partial charge on any atom is -0.466 e. The summed E-state index contributed by atoms with van der Waals surface area (Å²) >= 11 is 0. The second kappa shape index (κ2) is 9.01. The van der Waals surface area contributed by atoms with Crippen LogP contribution in [0, 0.1) is 5.92 Å². The minimum atomic E-state index is -1.51. The van der Waals surface area contributed by atoms with Crippen LogP contribution in [0.15, 0.2) is 47.1 Å². The molecule has 0 aromatic rings. The number of rotatable bonds is 3. The van der Waals surface area contributed by atoms with Crippen LogP contribution < -0.4 is 0 Å². The molecule has 1 heterocycles. The molecule has 7 nitrogen and oxygen atoms in total. The molecule has 0 radical (unpaired) electrons. The number of methoxy groups -OCH3 is 1. The Kier molecular flexibility index (Phi) is 6.96. The topological polar surface area (TPSA) is 99.1 Å². The van der Waals surface area contributed by atoms with Gasteiger partial charge in [0.25, 0.3) is 0 Å². The first-order chi connectivity index (χ1) is 13.2.